The van der Waals surface area contributed by atoms with Gasteiger partial charge in [-0.1, -0.05) is 18.2 Å². The molecule has 0 unspecified atom stereocenters. The van der Waals surface area contributed by atoms with Gasteiger partial charge in [0.2, 0.25) is 0 Å². The van der Waals surface area contributed by atoms with Gasteiger partial charge < -0.3 is 9.84 Å². The molecule has 19 heavy (non-hydrogen) atoms. The van der Waals surface area contributed by atoms with E-state index in [1.165, 1.54) is 11.8 Å². The molecule has 3 atom stereocenters. The number of rotatable bonds is 5. The Kier molecular flexibility index (Phi) is 4.76. The quantitative estimate of drug-likeness (QED) is 0.671. The van der Waals surface area contributed by atoms with Crippen LogP contribution < -0.4 is 0 Å². The number of alkyl halides is 1. The number of benzene rings is 1. The lowest BCUT2D eigenvalue weighted by Gasteiger charge is -2.26. The third-order valence-electron chi connectivity index (χ3n) is 3.10. The van der Waals surface area contributed by atoms with Crippen molar-refractivity contribution in [1.29, 1.82) is 0 Å². The highest BCUT2D eigenvalue weighted by Crippen LogP contribution is 2.45. The van der Waals surface area contributed by atoms with Crippen LogP contribution in [-0.2, 0) is 9.53 Å². The number of thioether (sulfide) groups is 1. The standard InChI is InChI=1S/C14H17ClO3S/c1-10-7-14(13(17)18-10,8-11(16)9-15)19-12-5-3-2-4-6-12/h2-6,10-11,16H,7-9H2,1H3/t10-,11-,14-/m0/s1. The van der Waals surface area contributed by atoms with Crippen molar-refractivity contribution in [3.05, 3.63) is 30.3 Å². The molecule has 104 valence electrons. The largest absolute Gasteiger partial charge is 0.462 e. The van der Waals surface area contributed by atoms with Gasteiger partial charge >= 0.3 is 5.97 Å². The van der Waals surface area contributed by atoms with Crippen LogP contribution in [0.1, 0.15) is 19.8 Å². The molecule has 0 bridgehead atoms. The summed E-state index contributed by atoms with van der Waals surface area (Å²) in [6.45, 7) is 1.87. The highest BCUT2D eigenvalue weighted by Gasteiger charge is 2.49. The van der Waals surface area contributed by atoms with Crippen molar-refractivity contribution >= 4 is 29.3 Å². The molecule has 1 aliphatic rings. The van der Waals surface area contributed by atoms with Crippen LogP contribution in [0, 0.1) is 0 Å². The van der Waals surface area contributed by atoms with Crippen molar-refractivity contribution in [2.45, 2.75) is 41.6 Å². The summed E-state index contributed by atoms with van der Waals surface area (Å²) in [7, 11) is 0. The van der Waals surface area contributed by atoms with Crippen LogP contribution >= 0.6 is 23.4 Å². The number of ether oxygens (including phenoxy) is 1. The van der Waals surface area contributed by atoms with E-state index in [1.807, 2.05) is 37.3 Å². The number of carbonyl (C=O) groups is 1. The van der Waals surface area contributed by atoms with Crippen LogP contribution in [0.25, 0.3) is 0 Å². The normalized spacial score (nSPS) is 28.2. The van der Waals surface area contributed by atoms with Gasteiger partial charge in [0.05, 0.1) is 6.10 Å². The van der Waals surface area contributed by atoms with Crippen LogP contribution in [0.3, 0.4) is 0 Å². The van der Waals surface area contributed by atoms with Crippen molar-refractivity contribution in [2.75, 3.05) is 5.88 Å². The fourth-order valence-electron chi connectivity index (χ4n) is 2.32. The Morgan fingerprint density at radius 2 is 2.21 bits per heavy atom. The molecule has 0 saturated carbocycles. The van der Waals surface area contributed by atoms with Crippen LogP contribution in [0.15, 0.2) is 35.2 Å². The molecule has 0 aromatic heterocycles. The molecule has 5 heteroatoms. The zero-order valence-corrected chi connectivity index (χ0v) is 12.3. The lowest BCUT2D eigenvalue weighted by atomic mass is 9.97. The molecular formula is C14H17ClO3S. The topological polar surface area (TPSA) is 46.5 Å². The molecule has 3 nitrogen and oxygen atoms in total. The molecule has 1 N–H and O–H groups in total. The van der Waals surface area contributed by atoms with Crippen molar-refractivity contribution in [3.8, 4) is 0 Å². The number of hydrogen-bond acceptors (Lipinski definition) is 4. The molecule has 2 rings (SSSR count). The number of halogens is 1. The summed E-state index contributed by atoms with van der Waals surface area (Å²) in [4.78, 5) is 13.2. The minimum Gasteiger partial charge on any atom is -0.462 e. The summed E-state index contributed by atoms with van der Waals surface area (Å²) in [5.74, 6) is -0.128. The average molecular weight is 301 g/mol. The first-order valence-electron chi connectivity index (χ1n) is 6.25. The minimum atomic E-state index is -0.727. The molecule has 0 aliphatic carbocycles. The second-order valence-electron chi connectivity index (χ2n) is 4.84. The molecule has 1 fully saturated rings. The first kappa shape index (κ1) is 14.7. The zero-order valence-electron chi connectivity index (χ0n) is 10.7. The van der Waals surface area contributed by atoms with E-state index >= 15 is 0 Å². The molecular weight excluding hydrogens is 284 g/mol. The first-order chi connectivity index (χ1) is 9.05. The van der Waals surface area contributed by atoms with E-state index < -0.39 is 10.9 Å². The summed E-state index contributed by atoms with van der Waals surface area (Å²) < 4.78 is 4.55. The maximum Gasteiger partial charge on any atom is 0.323 e. The molecule has 1 heterocycles. The number of esters is 1. The maximum absolute atomic E-state index is 12.2. The third-order valence-corrected chi connectivity index (χ3v) is 4.85. The maximum atomic E-state index is 12.2. The lowest BCUT2D eigenvalue weighted by molar-refractivity contribution is -0.143. The molecule has 0 amide bonds. The second-order valence-corrected chi connectivity index (χ2v) is 6.61. The molecule has 1 aromatic carbocycles. The van der Waals surface area contributed by atoms with Gasteiger partial charge in [-0.15, -0.1) is 23.4 Å². The van der Waals surface area contributed by atoms with E-state index in [0.29, 0.717) is 12.8 Å². The molecule has 0 radical (unpaired) electrons. The van der Waals surface area contributed by atoms with E-state index in [9.17, 15) is 9.90 Å². The van der Waals surface area contributed by atoms with Crippen molar-refractivity contribution in [3.63, 3.8) is 0 Å². The van der Waals surface area contributed by atoms with Gasteiger partial charge in [0.25, 0.3) is 0 Å². The first-order valence-corrected chi connectivity index (χ1v) is 7.60. The summed E-state index contributed by atoms with van der Waals surface area (Å²) in [5.41, 5.74) is 0. The van der Waals surface area contributed by atoms with E-state index in [-0.39, 0.29) is 18.0 Å². The fraction of sp³-hybridized carbons (Fsp3) is 0.500. The molecule has 1 aliphatic heterocycles. The van der Waals surface area contributed by atoms with Gasteiger partial charge in [0, 0.05) is 23.6 Å². The monoisotopic (exact) mass is 300 g/mol. The van der Waals surface area contributed by atoms with Gasteiger partial charge in [-0.05, 0) is 19.1 Å². The predicted octanol–water partition coefficient (Wildman–Crippen LogP) is 2.84. The van der Waals surface area contributed by atoms with Crippen LogP contribution in [0.2, 0.25) is 0 Å². The highest BCUT2D eigenvalue weighted by atomic mass is 35.5. The van der Waals surface area contributed by atoms with Crippen LogP contribution in [0.5, 0.6) is 0 Å². The summed E-state index contributed by atoms with van der Waals surface area (Å²) in [5, 5.41) is 9.81. The van der Waals surface area contributed by atoms with E-state index in [4.69, 9.17) is 16.3 Å². The van der Waals surface area contributed by atoms with Gasteiger partial charge in [0.15, 0.2) is 0 Å². The minimum absolute atomic E-state index is 0.119. The van der Waals surface area contributed by atoms with Crippen molar-refractivity contribution in [1.82, 2.24) is 0 Å². The Morgan fingerprint density at radius 3 is 2.74 bits per heavy atom. The van der Waals surface area contributed by atoms with Gasteiger partial charge in [0.1, 0.15) is 10.9 Å². The summed E-state index contributed by atoms with van der Waals surface area (Å²) in [6, 6.07) is 9.70. The Bertz CT molecular complexity index is 440. The van der Waals surface area contributed by atoms with Gasteiger partial charge in [-0.3, -0.25) is 4.79 Å². The number of cyclic esters (lactones) is 1. The molecule has 1 saturated heterocycles. The number of hydrogen-bond donors (Lipinski definition) is 1. The van der Waals surface area contributed by atoms with E-state index in [0.717, 1.165) is 4.90 Å². The second kappa shape index (κ2) is 6.16. The smallest absolute Gasteiger partial charge is 0.323 e. The van der Waals surface area contributed by atoms with Gasteiger partial charge in [-0.25, -0.2) is 0 Å². The van der Waals surface area contributed by atoms with E-state index in [1.54, 1.807) is 0 Å². The Balaban J connectivity index is 2.22. The van der Waals surface area contributed by atoms with E-state index in [2.05, 4.69) is 0 Å². The van der Waals surface area contributed by atoms with Crippen LogP contribution in [0.4, 0.5) is 0 Å². The predicted molar refractivity (Wildman–Crippen MR) is 76.5 cm³/mol. The number of carbonyl (C=O) groups excluding carboxylic acids is 1. The zero-order chi connectivity index (χ0) is 13.9. The third kappa shape index (κ3) is 3.44. The molecule has 0 spiro atoms. The van der Waals surface area contributed by atoms with Crippen LogP contribution in [-0.4, -0.2) is 33.9 Å². The Hall–Kier alpha value is -0.710. The van der Waals surface area contributed by atoms with Crippen molar-refractivity contribution in [2.24, 2.45) is 0 Å². The van der Waals surface area contributed by atoms with Crippen molar-refractivity contribution < 1.29 is 14.6 Å². The summed E-state index contributed by atoms with van der Waals surface area (Å²) in [6.07, 6.45) is 0.0976. The fourth-order valence-corrected chi connectivity index (χ4v) is 3.90. The molecule has 1 aromatic rings. The Morgan fingerprint density at radius 1 is 1.53 bits per heavy atom. The lowest BCUT2D eigenvalue weighted by Crippen LogP contribution is -2.35. The SMILES string of the molecule is C[C@H]1C[C@@](C[C@H](O)CCl)(Sc2ccccc2)C(=O)O1. The Labute approximate surface area is 122 Å². The average Bonchev–Trinajstić information content (AvgIpc) is 2.65. The van der Waals surface area contributed by atoms with Gasteiger partial charge in [-0.2, -0.15) is 0 Å². The number of aliphatic hydroxyl groups is 1. The summed E-state index contributed by atoms with van der Waals surface area (Å²) >= 11 is 7.13. The highest BCUT2D eigenvalue weighted by molar-refractivity contribution is 8.01. The number of aliphatic hydroxyl groups excluding tert-OH is 1.